The van der Waals surface area contributed by atoms with Gasteiger partial charge in [0.15, 0.2) is 11.6 Å². The molecule has 7 atom stereocenters. The molecule has 0 amide bonds. The second-order valence-corrected chi connectivity index (χ2v) is 13.4. The van der Waals surface area contributed by atoms with E-state index in [1.165, 1.54) is 11.8 Å². The molecule has 0 radical (unpaired) electrons. The molecule has 0 aliphatic heterocycles. The Balaban J connectivity index is 1.60. The Morgan fingerprint density at radius 1 is 1.29 bits per heavy atom. The maximum absolute atomic E-state index is 13.3. The van der Waals surface area contributed by atoms with Crippen LogP contribution in [0.15, 0.2) is 23.8 Å². The van der Waals surface area contributed by atoms with Crippen LogP contribution in [0.2, 0.25) is 0 Å². The predicted octanol–water partition coefficient (Wildman–Crippen LogP) is 4.34. The number of Topliss-reactive ketones (excluding diaryl/α,β-unsaturated/α-hetero) is 1. The minimum atomic E-state index is -1.42. The van der Waals surface area contributed by atoms with Crippen LogP contribution in [0.3, 0.4) is 0 Å². The summed E-state index contributed by atoms with van der Waals surface area (Å²) in [5, 5.41) is 23.1. The fourth-order valence-electron chi connectivity index (χ4n) is 7.19. The average Bonchev–Trinajstić information content (AvgIpc) is 2.98. The van der Waals surface area contributed by atoms with Crippen molar-refractivity contribution < 1.29 is 19.8 Å². The van der Waals surface area contributed by atoms with Crippen molar-refractivity contribution in [3.05, 3.63) is 23.8 Å². The fourth-order valence-corrected chi connectivity index (χ4v) is 9.31. The Kier molecular flexibility index (Phi) is 6.41. The number of thioether (sulfide) groups is 2. The van der Waals surface area contributed by atoms with Gasteiger partial charge in [0, 0.05) is 16.7 Å². The average molecular weight is 481 g/mol. The molecule has 0 aromatic rings. The van der Waals surface area contributed by atoms with E-state index in [4.69, 9.17) is 12.2 Å². The van der Waals surface area contributed by atoms with Crippen LogP contribution >= 0.6 is 35.7 Å². The molecule has 4 aliphatic rings. The number of ketones is 2. The standard InChI is InChI=1S/C24H32O4S3/c1-4-30-21(29)31-13-19(27)24(28)10-8-17-16-6-5-14-11-15(25)7-9-22(14,2)20(16)18(26)12-23(17,24)3/h7,9,11,16-18,20,26,28H,4-6,8,10,12-13H2,1-3H3/t16-,17-,18-,20+,22-,23-,24-/m0/s1. The number of hydrogen-bond acceptors (Lipinski definition) is 7. The Morgan fingerprint density at radius 3 is 2.74 bits per heavy atom. The van der Waals surface area contributed by atoms with Gasteiger partial charge in [-0.15, -0.1) is 11.8 Å². The van der Waals surface area contributed by atoms with Crippen molar-refractivity contribution in [2.75, 3.05) is 11.5 Å². The Morgan fingerprint density at radius 2 is 2.03 bits per heavy atom. The van der Waals surface area contributed by atoms with Crippen molar-refractivity contribution in [2.24, 2.45) is 28.6 Å². The fraction of sp³-hybridized carbons (Fsp3) is 0.708. The van der Waals surface area contributed by atoms with E-state index in [0.717, 1.165) is 34.1 Å². The molecule has 0 heterocycles. The summed E-state index contributed by atoms with van der Waals surface area (Å²) in [6, 6.07) is 0. The molecule has 4 nitrogen and oxygen atoms in total. The zero-order chi connectivity index (χ0) is 22.6. The SMILES string of the molecule is CCSC(=S)SCC(=O)[C@@]1(O)CC[C@H]2[C@@H]3CCC4=CC(=O)C=C[C@]4(C)[C@H]3[C@@H](O)C[C@@]21C. The van der Waals surface area contributed by atoms with Crippen molar-refractivity contribution in [2.45, 2.75) is 64.6 Å². The van der Waals surface area contributed by atoms with Gasteiger partial charge in [-0.1, -0.05) is 56.4 Å². The first kappa shape index (κ1) is 23.7. The molecule has 170 valence electrons. The van der Waals surface area contributed by atoms with Crippen LogP contribution in [-0.4, -0.2) is 48.5 Å². The van der Waals surface area contributed by atoms with Crippen LogP contribution in [0.4, 0.5) is 0 Å². The molecule has 31 heavy (non-hydrogen) atoms. The highest BCUT2D eigenvalue weighted by molar-refractivity contribution is 8.47. The Hall–Kier alpha value is -0.470. The zero-order valence-corrected chi connectivity index (χ0v) is 20.9. The number of carbonyl (C=O) groups is 2. The maximum Gasteiger partial charge on any atom is 0.178 e. The van der Waals surface area contributed by atoms with Gasteiger partial charge in [-0.05, 0) is 61.8 Å². The molecular weight excluding hydrogens is 448 g/mol. The van der Waals surface area contributed by atoms with E-state index in [-0.39, 0.29) is 40.5 Å². The summed E-state index contributed by atoms with van der Waals surface area (Å²) in [6.07, 6.45) is 8.12. The molecule has 0 unspecified atom stereocenters. The molecule has 0 saturated heterocycles. The lowest BCUT2D eigenvalue weighted by atomic mass is 9.46. The normalized spacial score (nSPS) is 43.6. The zero-order valence-electron chi connectivity index (χ0n) is 18.4. The number of fused-ring (bicyclic) bond motifs is 5. The Bertz CT molecular complexity index is 867. The second kappa shape index (κ2) is 8.39. The van der Waals surface area contributed by atoms with E-state index in [2.05, 4.69) is 6.92 Å². The molecule has 2 N–H and O–H groups in total. The Labute approximate surface area is 198 Å². The summed E-state index contributed by atoms with van der Waals surface area (Å²) in [5.74, 6) is 1.34. The van der Waals surface area contributed by atoms with Gasteiger partial charge in [0.25, 0.3) is 0 Å². The van der Waals surface area contributed by atoms with Crippen LogP contribution < -0.4 is 0 Å². The van der Waals surface area contributed by atoms with Gasteiger partial charge in [-0.25, -0.2) is 0 Å². The molecule has 4 rings (SSSR count). The molecule has 0 bridgehead atoms. The first-order chi connectivity index (χ1) is 14.6. The number of hydrogen-bond donors (Lipinski definition) is 2. The van der Waals surface area contributed by atoms with E-state index < -0.39 is 17.1 Å². The highest BCUT2D eigenvalue weighted by atomic mass is 32.2. The van der Waals surface area contributed by atoms with E-state index in [1.807, 2.05) is 19.9 Å². The minimum Gasteiger partial charge on any atom is -0.393 e. The minimum absolute atomic E-state index is 0.00952. The van der Waals surface area contributed by atoms with Crippen LogP contribution in [-0.2, 0) is 9.59 Å². The number of carbonyl (C=O) groups excluding carboxylic acids is 2. The van der Waals surface area contributed by atoms with Gasteiger partial charge in [0.1, 0.15) is 9.13 Å². The molecule has 0 aromatic carbocycles. The summed E-state index contributed by atoms with van der Waals surface area (Å²) in [4.78, 5) is 25.2. The summed E-state index contributed by atoms with van der Waals surface area (Å²) in [7, 11) is 0. The highest BCUT2D eigenvalue weighted by Crippen LogP contribution is 2.67. The van der Waals surface area contributed by atoms with Gasteiger partial charge < -0.3 is 10.2 Å². The molecule has 7 heteroatoms. The maximum atomic E-state index is 13.3. The van der Waals surface area contributed by atoms with Gasteiger partial charge in [0.05, 0.1) is 11.9 Å². The smallest absolute Gasteiger partial charge is 0.178 e. The van der Waals surface area contributed by atoms with Gasteiger partial charge in [-0.2, -0.15) is 0 Å². The third kappa shape index (κ3) is 3.63. The van der Waals surface area contributed by atoms with Crippen molar-refractivity contribution in [3.8, 4) is 0 Å². The number of aliphatic hydroxyl groups is 2. The monoisotopic (exact) mass is 480 g/mol. The summed E-state index contributed by atoms with van der Waals surface area (Å²) >= 11 is 8.20. The quantitative estimate of drug-likeness (QED) is 0.580. The molecular formula is C24H32O4S3. The summed E-state index contributed by atoms with van der Waals surface area (Å²) in [6.45, 7) is 6.18. The number of thiocarbonyl (C=S) groups is 1. The molecule has 3 saturated carbocycles. The number of aliphatic hydroxyl groups excluding tert-OH is 1. The van der Waals surface area contributed by atoms with Crippen molar-refractivity contribution in [1.82, 2.24) is 0 Å². The second-order valence-electron chi connectivity index (χ2n) is 10.0. The largest absolute Gasteiger partial charge is 0.393 e. The van der Waals surface area contributed by atoms with Crippen LogP contribution in [0.1, 0.15) is 52.9 Å². The third-order valence-electron chi connectivity index (χ3n) is 8.69. The summed E-state index contributed by atoms with van der Waals surface area (Å²) < 4.78 is 0.737. The van der Waals surface area contributed by atoms with Gasteiger partial charge in [0.2, 0.25) is 0 Å². The number of allylic oxidation sites excluding steroid dienone is 4. The lowest BCUT2D eigenvalue weighted by Gasteiger charge is -2.59. The van der Waals surface area contributed by atoms with E-state index in [9.17, 15) is 19.8 Å². The first-order valence-electron chi connectivity index (χ1n) is 11.2. The molecule has 0 aromatic heterocycles. The predicted molar refractivity (Wildman–Crippen MR) is 131 cm³/mol. The van der Waals surface area contributed by atoms with Crippen LogP contribution in [0, 0.1) is 28.6 Å². The third-order valence-corrected chi connectivity index (χ3v) is 11.3. The highest BCUT2D eigenvalue weighted by Gasteiger charge is 2.67. The van der Waals surface area contributed by atoms with E-state index >= 15 is 0 Å². The summed E-state index contributed by atoms with van der Waals surface area (Å²) in [5.41, 5.74) is -1.27. The van der Waals surface area contributed by atoms with Gasteiger partial charge >= 0.3 is 0 Å². The van der Waals surface area contributed by atoms with Gasteiger partial charge in [-0.3, -0.25) is 9.59 Å². The van der Waals surface area contributed by atoms with E-state index in [0.29, 0.717) is 12.8 Å². The topological polar surface area (TPSA) is 74.6 Å². The first-order valence-corrected chi connectivity index (χ1v) is 13.6. The molecule has 0 spiro atoms. The lowest BCUT2D eigenvalue weighted by molar-refractivity contribution is -0.174. The van der Waals surface area contributed by atoms with E-state index in [1.54, 1.807) is 23.9 Å². The number of rotatable bonds is 4. The van der Waals surface area contributed by atoms with Crippen LogP contribution in [0.25, 0.3) is 0 Å². The van der Waals surface area contributed by atoms with Crippen molar-refractivity contribution in [3.63, 3.8) is 0 Å². The van der Waals surface area contributed by atoms with Crippen LogP contribution in [0.5, 0.6) is 0 Å². The lowest BCUT2D eigenvalue weighted by Crippen LogP contribution is -2.61. The van der Waals surface area contributed by atoms with Crippen molar-refractivity contribution in [1.29, 1.82) is 0 Å². The van der Waals surface area contributed by atoms with Crippen molar-refractivity contribution >= 4 is 50.8 Å². The molecule has 4 aliphatic carbocycles. The molecule has 3 fully saturated rings.